The monoisotopic (exact) mass is 348 g/mol. The summed E-state index contributed by atoms with van der Waals surface area (Å²) < 4.78 is 0. The number of carboxylic acid groups (broad SMARTS) is 1. The summed E-state index contributed by atoms with van der Waals surface area (Å²) in [7, 11) is 0. The minimum absolute atomic E-state index is 0.0675. The number of carbonyl (C=O) groups is 1. The molecule has 0 saturated carbocycles. The molecule has 0 atom stereocenters. The van der Waals surface area contributed by atoms with E-state index in [2.05, 4.69) is 9.97 Å². The summed E-state index contributed by atoms with van der Waals surface area (Å²) in [5.74, 6) is -0.747. The normalized spacial score (nSPS) is 10.9. The third-order valence-corrected chi connectivity index (χ3v) is 4.11. The second kappa shape index (κ2) is 6.02. The zero-order valence-electron chi connectivity index (χ0n) is 11.6. The lowest BCUT2D eigenvalue weighted by atomic mass is 10.1. The van der Waals surface area contributed by atoms with Crippen LogP contribution in [-0.4, -0.2) is 21.0 Å². The number of benzene rings is 2. The Balaban J connectivity index is 2.08. The molecule has 3 aromatic rings. The Kier molecular flexibility index (Phi) is 4.07. The van der Waals surface area contributed by atoms with Crippen molar-refractivity contribution < 1.29 is 9.90 Å². The van der Waals surface area contributed by atoms with E-state index < -0.39 is 11.5 Å². The van der Waals surface area contributed by atoms with Crippen molar-refractivity contribution in [2.24, 2.45) is 0 Å². The van der Waals surface area contributed by atoms with Gasteiger partial charge in [0.25, 0.3) is 5.56 Å². The maximum atomic E-state index is 12.2. The first-order valence-corrected chi connectivity index (χ1v) is 7.40. The number of nitrogens with zero attached hydrogens (tertiary/aromatic N) is 1. The third-order valence-electron chi connectivity index (χ3n) is 3.37. The average Bonchev–Trinajstić information content (AvgIpc) is 2.50. The first-order chi connectivity index (χ1) is 11.0. The fourth-order valence-corrected chi connectivity index (χ4v) is 2.66. The van der Waals surface area contributed by atoms with Gasteiger partial charge in [0.1, 0.15) is 5.82 Å². The summed E-state index contributed by atoms with van der Waals surface area (Å²) in [5.41, 5.74) is 0.611. The molecule has 0 radical (unpaired) electrons. The molecule has 0 aliphatic rings. The van der Waals surface area contributed by atoms with Crippen LogP contribution in [0, 0.1) is 0 Å². The lowest BCUT2D eigenvalue weighted by Crippen LogP contribution is -2.15. The van der Waals surface area contributed by atoms with E-state index in [1.165, 1.54) is 6.07 Å². The molecule has 0 unspecified atom stereocenters. The maximum absolute atomic E-state index is 12.2. The van der Waals surface area contributed by atoms with E-state index in [0.717, 1.165) is 5.56 Å². The smallest absolute Gasteiger partial charge is 0.336 e. The van der Waals surface area contributed by atoms with Gasteiger partial charge in [-0.25, -0.2) is 9.78 Å². The van der Waals surface area contributed by atoms with Crippen molar-refractivity contribution in [2.75, 3.05) is 0 Å². The van der Waals surface area contributed by atoms with Crippen molar-refractivity contribution in [1.82, 2.24) is 9.97 Å². The van der Waals surface area contributed by atoms with Crippen molar-refractivity contribution in [2.45, 2.75) is 6.42 Å². The molecular weight excluding hydrogens is 339 g/mol. The van der Waals surface area contributed by atoms with Gasteiger partial charge in [0.2, 0.25) is 0 Å². The zero-order chi connectivity index (χ0) is 16.6. The molecule has 2 N–H and O–H groups in total. The van der Waals surface area contributed by atoms with Crippen LogP contribution in [0.1, 0.15) is 21.7 Å². The topological polar surface area (TPSA) is 83.0 Å². The van der Waals surface area contributed by atoms with Crippen LogP contribution in [0.25, 0.3) is 10.9 Å². The lowest BCUT2D eigenvalue weighted by Gasteiger charge is -2.06. The van der Waals surface area contributed by atoms with Crippen LogP contribution in [0.2, 0.25) is 10.0 Å². The molecule has 0 spiro atoms. The molecule has 116 valence electrons. The van der Waals surface area contributed by atoms with Gasteiger partial charge >= 0.3 is 5.97 Å². The Hall–Kier alpha value is -2.37. The Bertz CT molecular complexity index is 983. The maximum Gasteiger partial charge on any atom is 0.336 e. The van der Waals surface area contributed by atoms with Crippen molar-refractivity contribution >= 4 is 40.1 Å². The molecule has 5 nitrogen and oxygen atoms in total. The number of hydrogen-bond acceptors (Lipinski definition) is 3. The molecular formula is C16H10Cl2N2O3. The number of halogens is 2. The summed E-state index contributed by atoms with van der Waals surface area (Å²) in [5, 5.41) is 10.1. The summed E-state index contributed by atoms with van der Waals surface area (Å²) >= 11 is 11.8. The van der Waals surface area contributed by atoms with Gasteiger partial charge in [-0.15, -0.1) is 0 Å². The molecule has 23 heavy (non-hydrogen) atoms. The Labute approximate surface area is 140 Å². The lowest BCUT2D eigenvalue weighted by molar-refractivity contribution is 0.0699. The van der Waals surface area contributed by atoms with Gasteiger partial charge in [0, 0.05) is 6.42 Å². The molecule has 0 saturated heterocycles. The van der Waals surface area contributed by atoms with Gasteiger partial charge in [-0.2, -0.15) is 0 Å². The number of rotatable bonds is 3. The van der Waals surface area contributed by atoms with Crippen LogP contribution >= 0.6 is 23.2 Å². The summed E-state index contributed by atoms with van der Waals surface area (Å²) in [6.45, 7) is 0. The molecule has 0 amide bonds. The van der Waals surface area contributed by atoms with Gasteiger partial charge in [-0.3, -0.25) is 4.79 Å². The number of hydrogen-bond donors (Lipinski definition) is 2. The first kappa shape index (κ1) is 15.5. The van der Waals surface area contributed by atoms with E-state index in [9.17, 15) is 9.59 Å². The van der Waals surface area contributed by atoms with Crippen LogP contribution in [0.3, 0.4) is 0 Å². The molecule has 0 aliphatic carbocycles. The predicted octanol–water partition coefficient (Wildman–Crippen LogP) is 3.52. The predicted molar refractivity (Wildman–Crippen MR) is 88.6 cm³/mol. The van der Waals surface area contributed by atoms with Crippen LogP contribution < -0.4 is 5.56 Å². The molecule has 0 fully saturated rings. The number of fused-ring (bicyclic) bond motifs is 1. The van der Waals surface area contributed by atoms with Gasteiger partial charge in [-0.05, 0) is 29.8 Å². The molecule has 0 bridgehead atoms. The highest BCUT2D eigenvalue weighted by Crippen LogP contribution is 2.23. The van der Waals surface area contributed by atoms with E-state index in [4.69, 9.17) is 28.3 Å². The number of aromatic nitrogens is 2. The van der Waals surface area contributed by atoms with Crippen molar-refractivity contribution in [3.63, 3.8) is 0 Å². The molecule has 7 heteroatoms. The molecule has 1 aromatic heterocycles. The van der Waals surface area contributed by atoms with Crippen LogP contribution in [0.4, 0.5) is 0 Å². The Morgan fingerprint density at radius 3 is 2.65 bits per heavy atom. The van der Waals surface area contributed by atoms with E-state index in [0.29, 0.717) is 27.8 Å². The molecule has 1 heterocycles. The number of nitrogens with one attached hydrogen (secondary N) is 1. The number of aromatic amines is 1. The number of H-pyrrole nitrogens is 1. The molecule has 0 aliphatic heterocycles. The molecule has 2 aromatic carbocycles. The highest BCUT2D eigenvalue weighted by atomic mass is 35.5. The second-order valence-corrected chi connectivity index (χ2v) is 5.76. The van der Waals surface area contributed by atoms with Crippen molar-refractivity contribution in [1.29, 1.82) is 0 Å². The van der Waals surface area contributed by atoms with Crippen LogP contribution in [-0.2, 0) is 6.42 Å². The summed E-state index contributed by atoms with van der Waals surface area (Å²) in [6.07, 6.45) is 0.347. The largest absolute Gasteiger partial charge is 0.478 e. The number of carboxylic acids is 1. The highest BCUT2D eigenvalue weighted by Gasteiger charge is 2.13. The van der Waals surface area contributed by atoms with Gasteiger partial charge < -0.3 is 10.1 Å². The third kappa shape index (κ3) is 3.06. The van der Waals surface area contributed by atoms with Gasteiger partial charge in [0.15, 0.2) is 0 Å². The number of aromatic carboxylic acids is 1. The van der Waals surface area contributed by atoms with E-state index in [1.54, 1.807) is 30.3 Å². The molecule has 3 rings (SSSR count). The second-order valence-electron chi connectivity index (χ2n) is 4.94. The van der Waals surface area contributed by atoms with Crippen molar-refractivity contribution in [3.05, 3.63) is 73.7 Å². The fourth-order valence-electron chi connectivity index (χ4n) is 2.34. The SMILES string of the molecule is O=C(O)c1cccc2nc(Cc3ccc(Cl)c(Cl)c3)[nH]c(=O)c12. The average molecular weight is 349 g/mol. The Morgan fingerprint density at radius 2 is 1.96 bits per heavy atom. The fraction of sp³-hybridized carbons (Fsp3) is 0.0625. The zero-order valence-corrected chi connectivity index (χ0v) is 13.1. The van der Waals surface area contributed by atoms with Crippen LogP contribution in [0.15, 0.2) is 41.2 Å². The van der Waals surface area contributed by atoms with E-state index in [-0.39, 0.29) is 10.9 Å². The summed E-state index contributed by atoms with van der Waals surface area (Å²) in [4.78, 5) is 30.4. The summed E-state index contributed by atoms with van der Waals surface area (Å²) in [6, 6.07) is 9.69. The standard InChI is InChI=1S/C16H10Cl2N2O3/c17-10-5-4-8(6-11(10)18)7-13-19-12-3-1-2-9(16(22)23)14(12)15(21)20-13/h1-6H,7H2,(H,22,23)(H,19,20,21). The Morgan fingerprint density at radius 1 is 1.17 bits per heavy atom. The minimum Gasteiger partial charge on any atom is -0.478 e. The van der Waals surface area contributed by atoms with Gasteiger partial charge in [-0.1, -0.05) is 35.3 Å². The van der Waals surface area contributed by atoms with Gasteiger partial charge in [0.05, 0.1) is 26.5 Å². The first-order valence-electron chi connectivity index (χ1n) is 6.65. The quantitative estimate of drug-likeness (QED) is 0.758. The highest BCUT2D eigenvalue weighted by molar-refractivity contribution is 6.42. The van der Waals surface area contributed by atoms with Crippen LogP contribution in [0.5, 0.6) is 0 Å². The van der Waals surface area contributed by atoms with E-state index in [1.807, 2.05) is 0 Å². The van der Waals surface area contributed by atoms with E-state index >= 15 is 0 Å². The van der Waals surface area contributed by atoms with Crippen molar-refractivity contribution in [3.8, 4) is 0 Å². The minimum atomic E-state index is -1.17.